The molecule has 2 saturated carbocycles. The van der Waals surface area contributed by atoms with E-state index in [9.17, 15) is 14.4 Å². The lowest BCUT2D eigenvalue weighted by molar-refractivity contribution is -0.139. The molecule has 0 unspecified atom stereocenters. The minimum Gasteiger partial charge on any atom is -0.481 e. The smallest absolute Gasteiger partial charge is 0.407 e. The van der Waals surface area contributed by atoms with Crippen LogP contribution in [-0.2, 0) is 14.3 Å². The first-order chi connectivity index (χ1) is 16.4. The van der Waals surface area contributed by atoms with Crippen LogP contribution in [0.2, 0.25) is 0 Å². The second-order valence-electron chi connectivity index (χ2n) is 9.89. The predicted octanol–water partition coefficient (Wildman–Crippen LogP) is 4.02. The van der Waals surface area contributed by atoms with Crippen molar-refractivity contribution in [2.75, 3.05) is 20.2 Å². The molecule has 7 nitrogen and oxygen atoms in total. The highest BCUT2D eigenvalue weighted by Crippen LogP contribution is 2.64. The van der Waals surface area contributed by atoms with E-state index in [2.05, 4.69) is 29.6 Å². The summed E-state index contributed by atoms with van der Waals surface area (Å²) in [5.74, 6) is -0.487. The fourth-order valence-electron chi connectivity index (χ4n) is 6.02. The Balaban J connectivity index is 1.14. The Labute approximate surface area is 199 Å². The fourth-order valence-corrected chi connectivity index (χ4v) is 6.02. The molecule has 3 aliphatic carbocycles. The van der Waals surface area contributed by atoms with Gasteiger partial charge >= 0.3 is 12.1 Å². The highest BCUT2D eigenvalue weighted by Gasteiger charge is 2.65. The Morgan fingerprint density at radius 2 is 1.71 bits per heavy atom. The Kier molecular flexibility index (Phi) is 5.80. The van der Waals surface area contributed by atoms with Crippen molar-refractivity contribution < 1.29 is 24.2 Å². The highest BCUT2D eigenvalue weighted by atomic mass is 16.5. The molecular weight excluding hydrogens is 432 g/mol. The second-order valence-corrected chi connectivity index (χ2v) is 9.89. The first-order valence-electron chi connectivity index (χ1n) is 12.0. The number of carboxylic acids is 1. The van der Waals surface area contributed by atoms with Crippen molar-refractivity contribution in [1.29, 1.82) is 0 Å². The summed E-state index contributed by atoms with van der Waals surface area (Å²) in [6, 6.07) is 16.4. The molecule has 3 atom stereocenters. The molecule has 2 amide bonds. The first kappa shape index (κ1) is 22.4. The van der Waals surface area contributed by atoms with Gasteiger partial charge in [0, 0.05) is 32.0 Å². The zero-order valence-electron chi connectivity index (χ0n) is 19.3. The lowest BCUT2D eigenvalue weighted by Gasteiger charge is -2.24. The third-order valence-electron chi connectivity index (χ3n) is 7.73. The highest BCUT2D eigenvalue weighted by molar-refractivity contribution is 5.87. The van der Waals surface area contributed by atoms with Gasteiger partial charge < -0.3 is 20.1 Å². The molecule has 7 heteroatoms. The molecule has 3 aliphatic rings. The monoisotopic (exact) mass is 462 g/mol. The molecular formula is C27H30N2O5. The summed E-state index contributed by atoms with van der Waals surface area (Å²) >= 11 is 0. The van der Waals surface area contributed by atoms with Gasteiger partial charge in [-0.1, -0.05) is 48.5 Å². The van der Waals surface area contributed by atoms with Gasteiger partial charge in [-0.15, -0.1) is 0 Å². The summed E-state index contributed by atoms with van der Waals surface area (Å²) < 4.78 is 5.67. The molecule has 0 saturated heterocycles. The van der Waals surface area contributed by atoms with Crippen LogP contribution in [0.25, 0.3) is 11.1 Å². The molecule has 0 aromatic heterocycles. The zero-order valence-corrected chi connectivity index (χ0v) is 19.3. The molecule has 2 N–H and O–H groups in total. The van der Waals surface area contributed by atoms with Crippen LogP contribution in [0, 0.1) is 11.3 Å². The molecule has 178 valence electrons. The average molecular weight is 463 g/mol. The number of alkyl carbamates (subject to hydrolysis) is 1. The Hall–Kier alpha value is -3.35. The fraction of sp³-hybridized carbons (Fsp3) is 0.444. The quantitative estimate of drug-likeness (QED) is 0.618. The molecule has 0 spiro atoms. The number of carbonyl (C=O) groups is 3. The molecule has 2 fully saturated rings. The van der Waals surface area contributed by atoms with Gasteiger partial charge in [-0.2, -0.15) is 0 Å². The van der Waals surface area contributed by atoms with Crippen LogP contribution in [0.5, 0.6) is 0 Å². The van der Waals surface area contributed by atoms with Crippen molar-refractivity contribution in [3.05, 3.63) is 59.7 Å². The van der Waals surface area contributed by atoms with Crippen molar-refractivity contribution in [2.45, 2.75) is 44.1 Å². The maximum atomic E-state index is 13.0. The number of benzene rings is 2. The molecule has 34 heavy (non-hydrogen) atoms. The third kappa shape index (κ3) is 4.04. The van der Waals surface area contributed by atoms with E-state index in [4.69, 9.17) is 9.84 Å². The average Bonchev–Trinajstić information content (AvgIpc) is 3.25. The summed E-state index contributed by atoms with van der Waals surface area (Å²) in [6.07, 6.45) is 2.30. The topological polar surface area (TPSA) is 95.9 Å². The predicted molar refractivity (Wildman–Crippen MR) is 126 cm³/mol. The van der Waals surface area contributed by atoms with Gasteiger partial charge in [-0.05, 0) is 53.9 Å². The number of ether oxygens (including phenoxy) is 1. The van der Waals surface area contributed by atoms with E-state index in [1.807, 2.05) is 24.3 Å². The number of carbonyl (C=O) groups excluding carboxylic acids is 2. The van der Waals surface area contributed by atoms with Crippen molar-refractivity contribution in [2.24, 2.45) is 11.3 Å². The van der Waals surface area contributed by atoms with Gasteiger partial charge in [0.1, 0.15) is 6.61 Å². The minimum atomic E-state index is -0.850. The summed E-state index contributed by atoms with van der Waals surface area (Å²) in [7, 11) is 1.74. The number of amides is 2. The Morgan fingerprint density at radius 1 is 1.06 bits per heavy atom. The number of hydrogen-bond donors (Lipinski definition) is 2. The number of rotatable bonds is 8. The van der Waals surface area contributed by atoms with E-state index >= 15 is 0 Å². The van der Waals surface area contributed by atoms with Crippen molar-refractivity contribution in [3.63, 3.8) is 0 Å². The lowest BCUT2D eigenvalue weighted by atomic mass is 9.98. The molecule has 2 aromatic carbocycles. The van der Waals surface area contributed by atoms with Crippen LogP contribution in [-0.4, -0.2) is 54.2 Å². The van der Waals surface area contributed by atoms with Gasteiger partial charge in [0.15, 0.2) is 0 Å². The van der Waals surface area contributed by atoms with Gasteiger partial charge in [-0.3, -0.25) is 9.59 Å². The first-order valence-corrected chi connectivity index (χ1v) is 12.0. The minimum absolute atomic E-state index is 0.0162. The van der Waals surface area contributed by atoms with E-state index < -0.39 is 17.5 Å². The molecule has 0 bridgehead atoms. The Morgan fingerprint density at radius 3 is 2.35 bits per heavy atom. The molecule has 0 aliphatic heterocycles. The van der Waals surface area contributed by atoms with Crippen LogP contribution in [0.1, 0.15) is 49.1 Å². The summed E-state index contributed by atoms with van der Waals surface area (Å²) in [5.41, 5.74) is 4.33. The maximum absolute atomic E-state index is 13.0. The molecule has 5 rings (SSSR count). The Bertz CT molecular complexity index is 1090. The van der Waals surface area contributed by atoms with Gasteiger partial charge in [0.2, 0.25) is 5.91 Å². The second kappa shape index (κ2) is 8.78. The van der Waals surface area contributed by atoms with Gasteiger partial charge in [0.25, 0.3) is 0 Å². The van der Waals surface area contributed by atoms with Crippen LogP contribution in [0.4, 0.5) is 4.79 Å². The van der Waals surface area contributed by atoms with Crippen LogP contribution in [0.3, 0.4) is 0 Å². The maximum Gasteiger partial charge on any atom is 0.407 e. The lowest BCUT2D eigenvalue weighted by Crippen LogP contribution is -2.39. The van der Waals surface area contributed by atoms with E-state index in [0.717, 1.165) is 12.8 Å². The van der Waals surface area contributed by atoms with E-state index in [0.29, 0.717) is 19.4 Å². The zero-order chi connectivity index (χ0) is 23.9. The number of nitrogens with one attached hydrogen (secondary N) is 1. The molecule has 0 heterocycles. The number of nitrogens with zero attached hydrogens (tertiary/aromatic N) is 1. The largest absolute Gasteiger partial charge is 0.481 e. The third-order valence-corrected chi connectivity index (χ3v) is 7.73. The van der Waals surface area contributed by atoms with E-state index in [1.165, 1.54) is 22.3 Å². The van der Waals surface area contributed by atoms with Crippen molar-refractivity contribution >= 4 is 18.0 Å². The number of carboxylic acid groups (broad SMARTS) is 1. The number of fused-ring (bicyclic) bond motifs is 4. The summed E-state index contributed by atoms with van der Waals surface area (Å²) in [4.78, 5) is 38.0. The molecule has 2 aromatic rings. The van der Waals surface area contributed by atoms with Crippen molar-refractivity contribution in [3.8, 4) is 11.1 Å². The number of hydrogen-bond acceptors (Lipinski definition) is 4. The van der Waals surface area contributed by atoms with Crippen LogP contribution < -0.4 is 5.32 Å². The van der Waals surface area contributed by atoms with E-state index in [1.54, 1.807) is 11.9 Å². The van der Waals surface area contributed by atoms with Crippen LogP contribution >= 0.6 is 0 Å². The summed E-state index contributed by atoms with van der Waals surface area (Å²) in [6.45, 7) is 0.705. The van der Waals surface area contributed by atoms with Crippen molar-refractivity contribution in [1.82, 2.24) is 10.2 Å². The number of aliphatic carboxylic acids is 1. The SMILES string of the molecule is CN(CCCC(=O)O)C(=O)[C@]12C[C@H](NC(=O)OCC3c4ccccc4-c4ccccc43)C[C@H]1C2. The molecule has 0 radical (unpaired) electrons. The van der Waals surface area contributed by atoms with Gasteiger partial charge in [-0.25, -0.2) is 4.79 Å². The van der Waals surface area contributed by atoms with E-state index in [-0.39, 0.29) is 36.8 Å². The normalized spacial score (nSPS) is 24.0. The van der Waals surface area contributed by atoms with Gasteiger partial charge in [0.05, 0.1) is 5.41 Å². The summed E-state index contributed by atoms with van der Waals surface area (Å²) in [5, 5.41) is 11.8. The van der Waals surface area contributed by atoms with Crippen LogP contribution in [0.15, 0.2) is 48.5 Å². The standard InChI is InChI=1S/C27H30N2O5/c1-29(12-6-11-24(30)31)25(32)27-14-17(27)13-18(15-27)28-26(33)34-16-23-21-9-4-2-7-19(21)20-8-3-5-10-22(20)23/h2-5,7-10,17-18,23H,6,11-16H2,1H3,(H,28,33)(H,30,31)/t17-,18+,27+/m0/s1.